The van der Waals surface area contributed by atoms with Gasteiger partial charge in [-0.3, -0.25) is 10.1 Å². The van der Waals surface area contributed by atoms with Gasteiger partial charge in [0, 0.05) is 11.6 Å². The molecular formula is C11H11N3OS. The first-order valence-corrected chi connectivity index (χ1v) is 6.08. The number of anilines is 1. The maximum absolute atomic E-state index is 11.8. The maximum Gasteiger partial charge on any atom is 0.242 e. The first kappa shape index (κ1) is 11.0. The SMILES string of the molecule is N#Cc1ccccc1NC(=O)C1CSCN1. The molecule has 2 rings (SSSR count). The standard InChI is InChI=1S/C11H11N3OS/c12-5-8-3-1-2-4-9(8)14-11(15)10-6-16-7-13-10/h1-4,10,13H,6-7H2,(H,14,15). The van der Waals surface area contributed by atoms with Crippen LogP contribution in [-0.4, -0.2) is 23.6 Å². The van der Waals surface area contributed by atoms with Crippen molar-refractivity contribution in [3.8, 4) is 6.07 Å². The molecule has 1 atom stereocenters. The fourth-order valence-electron chi connectivity index (χ4n) is 1.47. The van der Waals surface area contributed by atoms with Crippen molar-refractivity contribution in [1.29, 1.82) is 5.26 Å². The average Bonchev–Trinajstić information content (AvgIpc) is 2.83. The lowest BCUT2D eigenvalue weighted by Gasteiger charge is -2.11. The van der Waals surface area contributed by atoms with E-state index < -0.39 is 0 Å². The van der Waals surface area contributed by atoms with Crippen molar-refractivity contribution in [3.63, 3.8) is 0 Å². The molecule has 1 unspecified atom stereocenters. The van der Waals surface area contributed by atoms with Crippen LogP contribution in [0.3, 0.4) is 0 Å². The van der Waals surface area contributed by atoms with E-state index in [0.29, 0.717) is 11.3 Å². The second-order valence-corrected chi connectivity index (χ2v) is 4.45. The van der Waals surface area contributed by atoms with Crippen molar-refractivity contribution < 1.29 is 4.79 Å². The molecule has 0 aliphatic carbocycles. The molecule has 1 aromatic rings. The molecule has 1 heterocycles. The molecule has 1 aromatic carbocycles. The number of carbonyl (C=O) groups excluding carboxylic acids is 1. The number of benzene rings is 1. The van der Waals surface area contributed by atoms with Gasteiger partial charge in [-0.15, -0.1) is 11.8 Å². The lowest BCUT2D eigenvalue weighted by Crippen LogP contribution is -2.37. The summed E-state index contributed by atoms with van der Waals surface area (Å²) in [5.41, 5.74) is 1.07. The van der Waals surface area contributed by atoms with Gasteiger partial charge in [0.15, 0.2) is 0 Å². The number of rotatable bonds is 2. The molecule has 5 heteroatoms. The normalized spacial score (nSPS) is 19.1. The van der Waals surface area contributed by atoms with Gasteiger partial charge in [0.05, 0.1) is 17.3 Å². The van der Waals surface area contributed by atoms with Gasteiger partial charge in [-0.05, 0) is 12.1 Å². The number of para-hydroxylation sites is 1. The van der Waals surface area contributed by atoms with E-state index in [0.717, 1.165) is 11.6 Å². The number of hydrogen-bond donors (Lipinski definition) is 2. The molecule has 0 bridgehead atoms. The van der Waals surface area contributed by atoms with E-state index in [1.165, 1.54) is 0 Å². The van der Waals surface area contributed by atoms with E-state index in [1.54, 1.807) is 36.0 Å². The molecule has 16 heavy (non-hydrogen) atoms. The molecule has 0 radical (unpaired) electrons. The number of hydrogen-bond acceptors (Lipinski definition) is 4. The molecule has 1 aliphatic rings. The summed E-state index contributed by atoms with van der Waals surface area (Å²) < 4.78 is 0. The van der Waals surface area contributed by atoms with Gasteiger partial charge in [-0.1, -0.05) is 12.1 Å². The second kappa shape index (κ2) is 5.01. The maximum atomic E-state index is 11.8. The van der Waals surface area contributed by atoms with Crippen molar-refractivity contribution in [2.75, 3.05) is 16.9 Å². The molecule has 82 valence electrons. The Kier molecular flexibility index (Phi) is 3.44. The van der Waals surface area contributed by atoms with E-state index >= 15 is 0 Å². The summed E-state index contributed by atoms with van der Waals surface area (Å²) in [4.78, 5) is 11.8. The second-order valence-electron chi connectivity index (χ2n) is 3.42. The third kappa shape index (κ3) is 2.35. The fraction of sp³-hybridized carbons (Fsp3) is 0.273. The van der Waals surface area contributed by atoms with Crippen LogP contribution in [0.4, 0.5) is 5.69 Å². The van der Waals surface area contributed by atoms with E-state index in [1.807, 2.05) is 0 Å². The first-order chi connectivity index (χ1) is 7.81. The van der Waals surface area contributed by atoms with E-state index in [2.05, 4.69) is 16.7 Å². The molecule has 2 N–H and O–H groups in total. The van der Waals surface area contributed by atoms with Crippen LogP contribution in [0.5, 0.6) is 0 Å². The number of thioether (sulfide) groups is 1. The largest absolute Gasteiger partial charge is 0.324 e. The smallest absolute Gasteiger partial charge is 0.242 e. The minimum absolute atomic E-state index is 0.0762. The molecule has 1 amide bonds. The van der Waals surface area contributed by atoms with Crippen molar-refractivity contribution in [2.45, 2.75) is 6.04 Å². The predicted molar refractivity (Wildman–Crippen MR) is 64.0 cm³/mol. The Labute approximate surface area is 98.0 Å². The van der Waals surface area contributed by atoms with Gasteiger partial charge in [-0.2, -0.15) is 5.26 Å². The third-order valence-corrected chi connectivity index (χ3v) is 3.28. The highest BCUT2D eigenvalue weighted by atomic mass is 32.2. The van der Waals surface area contributed by atoms with Crippen LogP contribution in [0, 0.1) is 11.3 Å². The number of nitrogens with one attached hydrogen (secondary N) is 2. The predicted octanol–water partition coefficient (Wildman–Crippen LogP) is 1.16. The van der Waals surface area contributed by atoms with Gasteiger partial charge >= 0.3 is 0 Å². The molecule has 0 saturated carbocycles. The molecule has 1 aliphatic heterocycles. The summed E-state index contributed by atoms with van der Waals surface area (Å²) in [6.07, 6.45) is 0. The van der Waals surface area contributed by atoms with Crippen LogP contribution in [0.1, 0.15) is 5.56 Å². The quantitative estimate of drug-likeness (QED) is 0.804. The lowest BCUT2D eigenvalue weighted by atomic mass is 10.2. The summed E-state index contributed by atoms with van der Waals surface area (Å²) in [7, 11) is 0. The Balaban J connectivity index is 2.08. The Morgan fingerprint density at radius 1 is 1.56 bits per heavy atom. The summed E-state index contributed by atoms with van der Waals surface area (Å²) in [5, 5.41) is 14.7. The summed E-state index contributed by atoms with van der Waals surface area (Å²) >= 11 is 1.69. The Morgan fingerprint density at radius 3 is 3.06 bits per heavy atom. The number of nitriles is 1. The van der Waals surface area contributed by atoms with Gasteiger partial charge in [0.1, 0.15) is 6.07 Å². The Morgan fingerprint density at radius 2 is 2.38 bits per heavy atom. The van der Waals surface area contributed by atoms with Crippen LogP contribution in [0.15, 0.2) is 24.3 Å². The minimum atomic E-state index is -0.156. The minimum Gasteiger partial charge on any atom is -0.324 e. The molecule has 4 nitrogen and oxygen atoms in total. The zero-order valence-electron chi connectivity index (χ0n) is 8.56. The highest BCUT2D eigenvalue weighted by Gasteiger charge is 2.22. The van der Waals surface area contributed by atoms with Crippen molar-refractivity contribution in [1.82, 2.24) is 5.32 Å². The van der Waals surface area contributed by atoms with Crippen molar-refractivity contribution in [2.24, 2.45) is 0 Å². The van der Waals surface area contributed by atoms with Crippen LogP contribution in [0.2, 0.25) is 0 Å². The molecule has 0 spiro atoms. The van der Waals surface area contributed by atoms with Crippen LogP contribution >= 0.6 is 11.8 Å². The van der Waals surface area contributed by atoms with Gasteiger partial charge in [-0.25, -0.2) is 0 Å². The number of carbonyl (C=O) groups is 1. The highest BCUT2D eigenvalue weighted by Crippen LogP contribution is 2.16. The molecule has 1 saturated heterocycles. The number of nitrogens with zero attached hydrogens (tertiary/aromatic N) is 1. The monoisotopic (exact) mass is 233 g/mol. The van der Waals surface area contributed by atoms with E-state index in [9.17, 15) is 4.79 Å². The van der Waals surface area contributed by atoms with Gasteiger partial charge in [0.25, 0.3) is 0 Å². The highest BCUT2D eigenvalue weighted by molar-refractivity contribution is 7.99. The fourth-order valence-corrected chi connectivity index (χ4v) is 2.41. The zero-order chi connectivity index (χ0) is 11.4. The van der Waals surface area contributed by atoms with E-state index in [-0.39, 0.29) is 11.9 Å². The summed E-state index contributed by atoms with van der Waals surface area (Å²) in [5.74, 6) is 1.51. The van der Waals surface area contributed by atoms with Gasteiger partial charge in [0.2, 0.25) is 5.91 Å². The first-order valence-electron chi connectivity index (χ1n) is 4.92. The Hall–Kier alpha value is -1.51. The van der Waals surface area contributed by atoms with Crippen molar-refractivity contribution >= 4 is 23.4 Å². The summed E-state index contributed by atoms with van der Waals surface area (Å²) in [6.45, 7) is 0. The zero-order valence-corrected chi connectivity index (χ0v) is 9.38. The topological polar surface area (TPSA) is 64.9 Å². The van der Waals surface area contributed by atoms with Crippen LogP contribution in [0.25, 0.3) is 0 Å². The molecule has 1 fully saturated rings. The van der Waals surface area contributed by atoms with Crippen molar-refractivity contribution in [3.05, 3.63) is 29.8 Å². The Bertz CT molecular complexity index is 435. The van der Waals surface area contributed by atoms with Crippen LogP contribution < -0.4 is 10.6 Å². The summed E-state index contributed by atoms with van der Waals surface area (Å²) in [6, 6.07) is 8.89. The third-order valence-electron chi connectivity index (χ3n) is 2.34. The molecule has 0 aromatic heterocycles. The number of amides is 1. The van der Waals surface area contributed by atoms with Crippen LogP contribution in [-0.2, 0) is 4.79 Å². The van der Waals surface area contributed by atoms with Gasteiger partial charge < -0.3 is 5.32 Å². The lowest BCUT2D eigenvalue weighted by molar-refractivity contribution is -0.117. The van der Waals surface area contributed by atoms with E-state index in [4.69, 9.17) is 5.26 Å². The average molecular weight is 233 g/mol. The molecular weight excluding hydrogens is 222 g/mol.